The molecule has 1 amide bonds. The maximum absolute atomic E-state index is 12.9. The normalized spacial score (nSPS) is 19.0. The minimum absolute atomic E-state index is 0.00271. The summed E-state index contributed by atoms with van der Waals surface area (Å²) in [5.74, 6) is 3.16. The molecule has 6 heteroatoms. The summed E-state index contributed by atoms with van der Waals surface area (Å²) in [6.45, 7) is 6.13. The minimum Gasteiger partial charge on any atom is -0.493 e. The van der Waals surface area contributed by atoms with Crippen molar-refractivity contribution < 1.29 is 23.7 Å². The lowest BCUT2D eigenvalue weighted by atomic mass is 9.98. The quantitative estimate of drug-likeness (QED) is 0.742. The maximum atomic E-state index is 12.9. The van der Waals surface area contributed by atoms with Crippen LogP contribution in [0.2, 0.25) is 0 Å². The van der Waals surface area contributed by atoms with Crippen molar-refractivity contribution in [3.8, 4) is 23.0 Å². The Morgan fingerprint density at radius 1 is 1.17 bits per heavy atom. The van der Waals surface area contributed by atoms with Gasteiger partial charge in [-0.3, -0.25) is 4.79 Å². The smallest absolute Gasteiger partial charge is 0.263 e. The molecule has 154 valence electrons. The highest BCUT2D eigenvalue weighted by atomic mass is 16.7. The molecule has 0 bridgehead atoms. The van der Waals surface area contributed by atoms with E-state index in [0.717, 1.165) is 25.1 Å². The summed E-state index contributed by atoms with van der Waals surface area (Å²) in [4.78, 5) is 14.8. The first-order valence-electron chi connectivity index (χ1n) is 10.1. The van der Waals surface area contributed by atoms with Crippen molar-refractivity contribution in [2.75, 3.05) is 26.5 Å². The number of piperidine rings is 1. The SMILES string of the molecule is Cc1cccc(OC[C@H]2CCCN(C(=O)[C@H](C)Oc3ccc4c(c3)OCO4)C2)c1. The van der Waals surface area contributed by atoms with Crippen LogP contribution in [0.1, 0.15) is 25.3 Å². The summed E-state index contributed by atoms with van der Waals surface area (Å²) in [6, 6.07) is 13.4. The van der Waals surface area contributed by atoms with Gasteiger partial charge in [0.1, 0.15) is 11.5 Å². The molecule has 2 aliphatic heterocycles. The number of carbonyl (C=O) groups excluding carboxylic acids is 1. The summed E-state index contributed by atoms with van der Waals surface area (Å²) >= 11 is 0. The molecule has 29 heavy (non-hydrogen) atoms. The summed E-state index contributed by atoms with van der Waals surface area (Å²) < 4.78 is 22.5. The lowest BCUT2D eigenvalue weighted by Crippen LogP contribution is -2.46. The van der Waals surface area contributed by atoms with E-state index in [4.69, 9.17) is 18.9 Å². The first kappa shape index (κ1) is 19.4. The molecule has 2 aromatic rings. The predicted octanol–water partition coefficient (Wildman–Crippen LogP) is 3.81. The van der Waals surface area contributed by atoms with Crippen LogP contribution in [0.4, 0.5) is 0 Å². The average molecular weight is 397 g/mol. The Labute approximate surface area is 171 Å². The van der Waals surface area contributed by atoms with Gasteiger partial charge >= 0.3 is 0 Å². The maximum Gasteiger partial charge on any atom is 0.263 e. The van der Waals surface area contributed by atoms with Crippen LogP contribution in [0, 0.1) is 12.8 Å². The zero-order valence-corrected chi connectivity index (χ0v) is 16.9. The molecule has 0 saturated carbocycles. The van der Waals surface area contributed by atoms with Gasteiger partial charge in [-0.2, -0.15) is 0 Å². The number of hydrogen-bond donors (Lipinski definition) is 0. The monoisotopic (exact) mass is 397 g/mol. The van der Waals surface area contributed by atoms with E-state index in [1.807, 2.05) is 23.1 Å². The second-order valence-electron chi connectivity index (χ2n) is 7.70. The molecule has 1 fully saturated rings. The van der Waals surface area contributed by atoms with Crippen LogP contribution in [0.3, 0.4) is 0 Å². The molecule has 2 aliphatic rings. The highest BCUT2D eigenvalue weighted by Crippen LogP contribution is 2.35. The van der Waals surface area contributed by atoms with Gasteiger partial charge in [-0.25, -0.2) is 0 Å². The number of fused-ring (bicyclic) bond motifs is 1. The Kier molecular flexibility index (Phi) is 5.79. The fourth-order valence-corrected chi connectivity index (χ4v) is 3.78. The van der Waals surface area contributed by atoms with Gasteiger partial charge in [0.15, 0.2) is 17.6 Å². The van der Waals surface area contributed by atoms with Crippen LogP contribution in [0.15, 0.2) is 42.5 Å². The largest absolute Gasteiger partial charge is 0.493 e. The van der Waals surface area contributed by atoms with E-state index >= 15 is 0 Å². The second kappa shape index (κ2) is 8.64. The lowest BCUT2D eigenvalue weighted by molar-refractivity contribution is -0.140. The summed E-state index contributed by atoms with van der Waals surface area (Å²) in [5, 5.41) is 0. The summed E-state index contributed by atoms with van der Waals surface area (Å²) in [5.41, 5.74) is 1.18. The fraction of sp³-hybridized carbons (Fsp3) is 0.435. The third-order valence-electron chi connectivity index (χ3n) is 5.31. The topological polar surface area (TPSA) is 57.2 Å². The van der Waals surface area contributed by atoms with Gasteiger partial charge in [0.2, 0.25) is 6.79 Å². The van der Waals surface area contributed by atoms with Gasteiger partial charge in [0, 0.05) is 25.1 Å². The van der Waals surface area contributed by atoms with Gasteiger partial charge in [-0.15, -0.1) is 0 Å². The Morgan fingerprint density at radius 3 is 2.90 bits per heavy atom. The van der Waals surface area contributed by atoms with Crippen molar-refractivity contribution in [1.29, 1.82) is 0 Å². The third kappa shape index (κ3) is 4.75. The molecule has 0 spiro atoms. The number of ether oxygens (including phenoxy) is 4. The summed E-state index contributed by atoms with van der Waals surface area (Å²) in [6.07, 6.45) is 1.48. The Bertz CT molecular complexity index is 868. The molecule has 0 aliphatic carbocycles. The van der Waals surface area contributed by atoms with Crippen LogP contribution in [-0.4, -0.2) is 43.4 Å². The fourth-order valence-electron chi connectivity index (χ4n) is 3.78. The first-order valence-corrected chi connectivity index (χ1v) is 10.1. The highest BCUT2D eigenvalue weighted by molar-refractivity contribution is 5.81. The van der Waals surface area contributed by atoms with Gasteiger partial charge in [0.05, 0.1) is 6.61 Å². The molecule has 0 N–H and O–H groups in total. The molecule has 4 rings (SSSR count). The lowest BCUT2D eigenvalue weighted by Gasteiger charge is -2.34. The van der Waals surface area contributed by atoms with Crippen molar-refractivity contribution in [3.05, 3.63) is 48.0 Å². The number of nitrogens with zero attached hydrogens (tertiary/aromatic N) is 1. The van der Waals surface area contributed by atoms with E-state index in [-0.39, 0.29) is 12.7 Å². The third-order valence-corrected chi connectivity index (χ3v) is 5.31. The molecule has 0 radical (unpaired) electrons. The van der Waals surface area contributed by atoms with Gasteiger partial charge in [0.25, 0.3) is 5.91 Å². The predicted molar refractivity (Wildman–Crippen MR) is 109 cm³/mol. The highest BCUT2D eigenvalue weighted by Gasteiger charge is 2.28. The number of carbonyl (C=O) groups is 1. The Hall–Kier alpha value is -2.89. The molecule has 6 nitrogen and oxygen atoms in total. The van der Waals surface area contributed by atoms with Crippen molar-refractivity contribution in [1.82, 2.24) is 4.90 Å². The van der Waals surface area contributed by atoms with Crippen molar-refractivity contribution >= 4 is 5.91 Å². The van der Waals surface area contributed by atoms with Gasteiger partial charge < -0.3 is 23.8 Å². The second-order valence-corrected chi connectivity index (χ2v) is 7.70. The molecular formula is C23H27NO5. The van der Waals surface area contributed by atoms with Crippen LogP contribution in [-0.2, 0) is 4.79 Å². The van der Waals surface area contributed by atoms with Crippen LogP contribution in [0.5, 0.6) is 23.0 Å². The molecule has 2 atom stereocenters. The van der Waals surface area contributed by atoms with Crippen molar-refractivity contribution in [3.63, 3.8) is 0 Å². The average Bonchev–Trinajstić information content (AvgIpc) is 3.20. The molecule has 2 heterocycles. The molecular weight excluding hydrogens is 370 g/mol. The van der Waals surface area contributed by atoms with E-state index < -0.39 is 6.10 Å². The molecule has 1 saturated heterocycles. The standard InChI is InChI=1S/C23H27NO5/c1-16-5-3-7-19(11-16)26-14-18-6-4-10-24(13-18)23(25)17(2)29-20-8-9-21-22(12-20)28-15-27-21/h3,5,7-9,11-12,17-18H,4,6,10,13-15H2,1-2H3/t17-,18-/m0/s1. The van der Waals surface area contributed by atoms with E-state index in [9.17, 15) is 4.79 Å². The zero-order valence-electron chi connectivity index (χ0n) is 16.9. The van der Waals surface area contributed by atoms with Gasteiger partial charge in [-0.05, 0) is 56.5 Å². The molecule has 0 unspecified atom stereocenters. The number of likely N-dealkylation sites (tertiary alicyclic amines) is 1. The Balaban J connectivity index is 1.30. The van der Waals surface area contributed by atoms with E-state index in [1.54, 1.807) is 25.1 Å². The van der Waals surface area contributed by atoms with Gasteiger partial charge in [-0.1, -0.05) is 12.1 Å². The van der Waals surface area contributed by atoms with Crippen LogP contribution < -0.4 is 18.9 Å². The van der Waals surface area contributed by atoms with Crippen LogP contribution in [0.25, 0.3) is 0 Å². The number of rotatable bonds is 6. The number of amides is 1. The van der Waals surface area contributed by atoms with E-state index in [1.165, 1.54) is 5.56 Å². The number of aryl methyl sites for hydroxylation is 1. The van der Waals surface area contributed by atoms with Crippen molar-refractivity contribution in [2.24, 2.45) is 5.92 Å². The zero-order chi connectivity index (χ0) is 20.2. The van der Waals surface area contributed by atoms with Crippen molar-refractivity contribution in [2.45, 2.75) is 32.8 Å². The molecule has 0 aromatic heterocycles. The first-order chi connectivity index (χ1) is 14.1. The van der Waals surface area contributed by atoms with E-state index in [2.05, 4.69) is 13.0 Å². The number of hydrogen-bond acceptors (Lipinski definition) is 5. The summed E-state index contributed by atoms with van der Waals surface area (Å²) in [7, 11) is 0. The van der Waals surface area contributed by atoms with Crippen LogP contribution >= 0.6 is 0 Å². The number of benzene rings is 2. The minimum atomic E-state index is -0.563. The van der Waals surface area contributed by atoms with E-state index in [0.29, 0.717) is 36.3 Å². The molecule has 2 aromatic carbocycles. The Morgan fingerprint density at radius 2 is 2.03 bits per heavy atom.